The third-order valence-electron chi connectivity index (χ3n) is 10.3. The van der Waals surface area contributed by atoms with E-state index >= 15 is 0 Å². The van der Waals surface area contributed by atoms with Gasteiger partial charge in [0.1, 0.15) is 11.6 Å². The number of carbonyl (C=O) groups excluding carboxylic acids is 3. The average Bonchev–Trinajstić information content (AvgIpc) is 3.31. The van der Waals surface area contributed by atoms with Crippen molar-refractivity contribution in [1.82, 2.24) is 9.80 Å². The Balaban J connectivity index is 1.52. The molecule has 0 saturated carbocycles. The molecule has 1 N–H and O–H groups in total. The van der Waals surface area contributed by atoms with Crippen molar-refractivity contribution in [2.75, 3.05) is 31.1 Å². The van der Waals surface area contributed by atoms with E-state index in [-0.39, 0.29) is 30.2 Å². The maximum Gasteiger partial charge on any atom is 0.253 e. The molecule has 2 fully saturated rings. The summed E-state index contributed by atoms with van der Waals surface area (Å²) in [7, 11) is 0. The number of ether oxygens (including phenoxy) is 1. The minimum atomic E-state index is -1.35. The highest BCUT2D eigenvalue weighted by Gasteiger charge is 2.76. The molecule has 2 saturated heterocycles. The van der Waals surface area contributed by atoms with Gasteiger partial charge in [0.15, 0.2) is 0 Å². The van der Waals surface area contributed by atoms with Crippen molar-refractivity contribution in [1.29, 1.82) is 0 Å². The molecule has 4 aliphatic heterocycles. The average molecular weight is 586 g/mol. The van der Waals surface area contributed by atoms with Crippen molar-refractivity contribution in [3.05, 3.63) is 66.8 Å². The van der Waals surface area contributed by atoms with Crippen LogP contribution in [0.4, 0.5) is 5.69 Å². The van der Waals surface area contributed by atoms with Crippen molar-refractivity contribution in [2.24, 2.45) is 17.8 Å². The Morgan fingerprint density at radius 3 is 2.37 bits per heavy atom. The number of rotatable bonds is 8. The topological polar surface area (TPSA) is 90.4 Å². The van der Waals surface area contributed by atoms with E-state index in [9.17, 15) is 19.5 Å². The van der Waals surface area contributed by atoms with E-state index in [1.807, 2.05) is 99.4 Å². The number of likely N-dealkylation sites (tertiary alicyclic amines) is 1. The number of aliphatic hydroxyl groups is 1. The van der Waals surface area contributed by atoms with Crippen molar-refractivity contribution in [3.8, 4) is 0 Å². The number of amides is 3. The van der Waals surface area contributed by atoms with Gasteiger partial charge in [-0.2, -0.15) is 0 Å². The second-order valence-electron chi connectivity index (χ2n) is 12.6. The second kappa shape index (κ2) is 11.2. The van der Waals surface area contributed by atoms with Crippen LogP contribution in [0.2, 0.25) is 0 Å². The molecule has 1 unspecified atom stereocenters. The van der Waals surface area contributed by atoms with Gasteiger partial charge in [0.2, 0.25) is 11.8 Å². The molecular formula is C35H43N3O5. The van der Waals surface area contributed by atoms with Crippen LogP contribution in [0.3, 0.4) is 0 Å². The van der Waals surface area contributed by atoms with Crippen LogP contribution in [0, 0.1) is 17.8 Å². The molecule has 228 valence electrons. The molecule has 7 atom stereocenters. The summed E-state index contributed by atoms with van der Waals surface area (Å²) in [6, 6.07) is 12.3. The van der Waals surface area contributed by atoms with Gasteiger partial charge in [0, 0.05) is 25.3 Å². The van der Waals surface area contributed by atoms with Gasteiger partial charge < -0.3 is 24.5 Å². The normalized spacial score (nSPS) is 31.6. The maximum atomic E-state index is 14.9. The fourth-order valence-corrected chi connectivity index (χ4v) is 7.97. The fourth-order valence-electron chi connectivity index (χ4n) is 7.97. The molecule has 6 rings (SSSR count). The predicted octanol–water partition coefficient (Wildman–Crippen LogP) is 4.32. The van der Waals surface area contributed by atoms with E-state index in [4.69, 9.17) is 4.74 Å². The predicted molar refractivity (Wildman–Crippen MR) is 166 cm³/mol. The van der Waals surface area contributed by atoms with Crippen LogP contribution in [0.5, 0.6) is 0 Å². The Morgan fingerprint density at radius 1 is 0.930 bits per heavy atom. The molecule has 8 nitrogen and oxygen atoms in total. The molecular weight excluding hydrogens is 542 g/mol. The summed E-state index contributed by atoms with van der Waals surface area (Å²) in [6.45, 7) is 9.08. The van der Waals surface area contributed by atoms with E-state index in [0.29, 0.717) is 32.5 Å². The van der Waals surface area contributed by atoms with Gasteiger partial charge in [-0.1, -0.05) is 88.8 Å². The number of carbonyl (C=O) groups is 3. The Kier molecular flexibility index (Phi) is 7.71. The number of anilines is 1. The lowest BCUT2D eigenvalue weighted by atomic mass is 9.73. The van der Waals surface area contributed by atoms with Gasteiger partial charge in [-0.25, -0.2) is 0 Å². The van der Waals surface area contributed by atoms with Crippen LogP contribution < -0.4 is 4.90 Å². The zero-order valence-corrected chi connectivity index (χ0v) is 25.6. The third-order valence-corrected chi connectivity index (χ3v) is 10.3. The van der Waals surface area contributed by atoms with E-state index in [1.165, 1.54) is 0 Å². The molecule has 4 aliphatic rings. The van der Waals surface area contributed by atoms with Gasteiger partial charge in [-0.3, -0.25) is 14.4 Å². The monoisotopic (exact) mass is 585 g/mol. The summed E-state index contributed by atoms with van der Waals surface area (Å²) in [4.78, 5) is 49.2. The van der Waals surface area contributed by atoms with E-state index < -0.39 is 35.1 Å². The summed E-state index contributed by atoms with van der Waals surface area (Å²) in [6.07, 6.45) is 9.75. The van der Waals surface area contributed by atoms with Crippen molar-refractivity contribution < 1.29 is 24.2 Å². The van der Waals surface area contributed by atoms with Crippen molar-refractivity contribution in [2.45, 2.75) is 70.2 Å². The number of aliphatic hydroxyl groups excluding tert-OH is 1. The first-order valence-electron chi connectivity index (χ1n) is 15.8. The Morgan fingerprint density at radius 2 is 1.67 bits per heavy atom. The minimum absolute atomic E-state index is 0.0729. The second-order valence-corrected chi connectivity index (χ2v) is 12.6. The van der Waals surface area contributed by atoms with Gasteiger partial charge in [-0.15, -0.1) is 0 Å². The first-order chi connectivity index (χ1) is 20.8. The van der Waals surface area contributed by atoms with Crippen LogP contribution in [0.1, 0.15) is 47.0 Å². The molecule has 8 heteroatoms. The van der Waals surface area contributed by atoms with E-state index in [1.54, 1.807) is 9.80 Å². The molecule has 0 aromatic heterocycles. The number of hydrogen-bond acceptors (Lipinski definition) is 5. The number of fused-ring (bicyclic) bond motifs is 3. The summed E-state index contributed by atoms with van der Waals surface area (Å²) < 4.78 is 7.10. The number of nitrogens with zero attached hydrogens (tertiary/aromatic N) is 3. The molecule has 43 heavy (non-hydrogen) atoms. The van der Waals surface area contributed by atoms with Crippen LogP contribution in [0.25, 0.3) is 10.8 Å². The molecule has 1 spiro atoms. The number of benzene rings is 2. The Labute approximate surface area is 254 Å². The highest BCUT2D eigenvalue weighted by molar-refractivity contribution is 6.07. The first-order valence-corrected chi connectivity index (χ1v) is 15.8. The van der Waals surface area contributed by atoms with Crippen LogP contribution in [0.15, 0.2) is 66.8 Å². The lowest BCUT2D eigenvalue weighted by molar-refractivity contribution is -0.153. The van der Waals surface area contributed by atoms with E-state index in [0.717, 1.165) is 22.9 Å². The molecule has 2 aromatic rings. The zero-order chi connectivity index (χ0) is 30.5. The Bertz CT molecular complexity index is 1490. The third kappa shape index (κ3) is 4.36. The highest BCUT2D eigenvalue weighted by Crippen LogP contribution is 2.59. The molecule has 3 amide bonds. The van der Waals surface area contributed by atoms with Gasteiger partial charge >= 0.3 is 0 Å². The molecule has 0 aliphatic carbocycles. The first kappa shape index (κ1) is 29.6. The van der Waals surface area contributed by atoms with Crippen molar-refractivity contribution >= 4 is 34.2 Å². The number of hydrogen-bond donors (Lipinski definition) is 1. The maximum absolute atomic E-state index is 14.9. The zero-order valence-electron chi connectivity index (χ0n) is 25.6. The quantitative estimate of drug-likeness (QED) is 0.466. The highest BCUT2D eigenvalue weighted by atomic mass is 16.5. The summed E-state index contributed by atoms with van der Waals surface area (Å²) in [5.41, 5.74) is -1.64. The molecule has 2 aromatic carbocycles. The SMILES string of the molecule is CCCN1CC=C[C@]2(CC)O[C@]34C=CCN(c5ccc6ccccc6c5)C(=O)C3N([C@@H](CO)[C@@H](C)CC)C(=O)[C@@H]4[C@@H]2C1=O. The molecule has 4 heterocycles. The summed E-state index contributed by atoms with van der Waals surface area (Å²) in [5.74, 6) is -2.39. The summed E-state index contributed by atoms with van der Waals surface area (Å²) in [5, 5.41) is 12.8. The van der Waals surface area contributed by atoms with E-state index in [2.05, 4.69) is 0 Å². The Hall–Kier alpha value is -3.49. The largest absolute Gasteiger partial charge is 0.394 e. The lowest BCUT2D eigenvalue weighted by Crippen LogP contribution is -2.60. The summed E-state index contributed by atoms with van der Waals surface area (Å²) >= 11 is 0. The van der Waals surface area contributed by atoms with Gasteiger partial charge in [0.05, 0.1) is 30.1 Å². The van der Waals surface area contributed by atoms with Crippen LogP contribution in [-0.4, -0.2) is 82.2 Å². The van der Waals surface area contributed by atoms with Crippen LogP contribution in [-0.2, 0) is 19.1 Å². The smallest absolute Gasteiger partial charge is 0.253 e. The lowest BCUT2D eigenvalue weighted by Gasteiger charge is -2.42. The molecule has 0 radical (unpaired) electrons. The fraction of sp³-hybridized carbons (Fsp3) is 0.514. The van der Waals surface area contributed by atoms with Gasteiger partial charge in [-0.05, 0) is 41.7 Å². The van der Waals surface area contributed by atoms with Crippen molar-refractivity contribution in [3.63, 3.8) is 0 Å². The molecule has 0 bridgehead atoms. The minimum Gasteiger partial charge on any atom is -0.394 e. The van der Waals surface area contributed by atoms with Gasteiger partial charge in [0.25, 0.3) is 5.91 Å². The van der Waals surface area contributed by atoms with Crippen LogP contribution >= 0.6 is 0 Å². The standard InChI is InChI=1S/C35H43N3O5/c1-5-18-36-19-10-16-34(7-3)28(31(36)40)29-32(41)38(27(22-39)23(4)6-2)30-33(42)37(20-11-17-35(29,30)43-34)26-15-14-24-12-8-9-13-25(24)21-26/h8-17,21,23,27-30,39H,5-7,18-20,22H2,1-4H3/t23-,27-,28+,29-,30?,34-,35-/m0/s1.